The standard InChI is InChI=1S/C23H28N4O7S/c1-34-17-8-5-7-16(13-17)14-24-23(31)25-15-19(22(29)30)26-21(28)20-11-6-12-27(20)35(32,33)18-9-3-2-4-10-18/h2-5,7-10,13,19-20H,6,11-12,14-15H2,1H3,(H,26,28)(H,29,30)(H2,24,25,31)/t19-,20-/m0/s1. The molecule has 11 nitrogen and oxygen atoms in total. The lowest BCUT2D eigenvalue weighted by atomic mass is 10.2. The number of amides is 3. The molecule has 0 unspecified atom stereocenters. The number of nitrogens with one attached hydrogen (secondary N) is 3. The Morgan fingerprint density at radius 1 is 1.11 bits per heavy atom. The number of rotatable bonds is 10. The van der Waals surface area contributed by atoms with Gasteiger partial charge in [-0.2, -0.15) is 4.31 Å². The summed E-state index contributed by atoms with van der Waals surface area (Å²) in [5, 5.41) is 16.9. The molecule has 12 heteroatoms. The molecular weight excluding hydrogens is 476 g/mol. The number of urea groups is 1. The molecule has 2 aromatic rings. The van der Waals surface area contributed by atoms with Crippen molar-refractivity contribution in [2.24, 2.45) is 0 Å². The molecule has 1 fully saturated rings. The summed E-state index contributed by atoms with van der Waals surface area (Å²) in [7, 11) is -2.39. The molecule has 188 valence electrons. The van der Waals surface area contributed by atoms with Gasteiger partial charge in [0.15, 0.2) is 0 Å². The molecule has 2 atom stereocenters. The van der Waals surface area contributed by atoms with E-state index in [0.29, 0.717) is 12.2 Å². The van der Waals surface area contributed by atoms with Gasteiger partial charge in [0.05, 0.1) is 18.6 Å². The molecule has 0 aromatic heterocycles. The van der Waals surface area contributed by atoms with Crippen LogP contribution < -0.4 is 20.7 Å². The zero-order chi connectivity index (χ0) is 25.4. The molecule has 0 saturated carbocycles. The van der Waals surface area contributed by atoms with Gasteiger partial charge in [-0.1, -0.05) is 30.3 Å². The summed E-state index contributed by atoms with van der Waals surface area (Å²) in [6.07, 6.45) is 0.728. The van der Waals surface area contributed by atoms with Crippen molar-refractivity contribution in [3.8, 4) is 5.75 Å². The summed E-state index contributed by atoms with van der Waals surface area (Å²) in [5.41, 5.74) is 0.781. The predicted molar refractivity (Wildman–Crippen MR) is 126 cm³/mol. The number of carboxylic acid groups (broad SMARTS) is 1. The van der Waals surface area contributed by atoms with Crippen molar-refractivity contribution < 1.29 is 32.6 Å². The van der Waals surface area contributed by atoms with E-state index >= 15 is 0 Å². The van der Waals surface area contributed by atoms with Crippen molar-refractivity contribution in [3.05, 3.63) is 60.2 Å². The van der Waals surface area contributed by atoms with E-state index in [1.54, 1.807) is 42.5 Å². The van der Waals surface area contributed by atoms with Gasteiger partial charge in [-0.05, 0) is 42.7 Å². The van der Waals surface area contributed by atoms with Gasteiger partial charge in [-0.25, -0.2) is 18.0 Å². The first-order valence-electron chi connectivity index (χ1n) is 11.0. The van der Waals surface area contributed by atoms with E-state index in [4.69, 9.17) is 4.74 Å². The summed E-state index contributed by atoms with van der Waals surface area (Å²) >= 11 is 0. The van der Waals surface area contributed by atoms with Gasteiger partial charge in [0, 0.05) is 13.1 Å². The Hall–Kier alpha value is -3.64. The largest absolute Gasteiger partial charge is 0.497 e. The van der Waals surface area contributed by atoms with Crippen molar-refractivity contribution in [3.63, 3.8) is 0 Å². The van der Waals surface area contributed by atoms with E-state index in [9.17, 15) is 27.9 Å². The summed E-state index contributed by atoms with van der Waals surface area (Å²) < 4.78 is 32.2. The third kappa shape index (κ3) is 6.70. The lowest BCUT2D eigenvalue weighted by molar-refractivity contribution is -0.142. The van der Waals surface area contributed by atoms with Crippen LogP contribution in [-0.4, -0.2) is 68.0 Å². The average Bonchev–Trinajstić information content (AvgIpc) is 3.37. The Kier molecular flexibility index (Phi) is 8.66. The third-order valence-corrected chi connectivity index (χ3v) is 7.45. The van der Waals surface area contributed by atoms with Crippen LogP contribution in [-0.2, 0) is 26.2 Å². The number of ether oxygens (including phenoxy) is 1. The van der Waals surface area contributed by atoms with Gasteiger partial charge in [-0.3, -0.25) is 4.79 Å². The summed E-state index contributed by atoms with van der Waals surface area (Å²) in [6, 6.07) is 11.7. The van der Waals surface area contributed by atoms with Gasteiger partial charge in [0.2, 0.25) is 15.9 Å². The van der Waals surface area contributed by atoms with Gasteiger partial charge in [-0.15, -0.1) is 0 Å². The van der Waals surface area contributed by atoms with Crippen LogP contribution in [0.15, 0.2) is 59.5 Å². The Labute approximate surface area is 203 Å². The van der Waals surface area contributed by atoms with Crippen LogP contribution in [0.2, 0.25) is 0 Å². The molecule has 1 aliphatic heterocycles. The lowest BCUT2D eigenvalue weighted by Gasteiger charge is -2.25. The van der Waals surface area contributed by atoms with Crippen molar-refractivity contribution in [2.45, 2.75) is 36.4 Å². The van der Waals surface area contributed by atoms with E-state index < -0.39 is 40.0 Å². The SMILES string of the molecule is COc1cccc(CNC(=O)NC[C@H](NC(=O)[C@@H]2CCCN2S(=O)(=O)c2ccccc2)C(=O)O)c1. The Bertz CT molecular complexity index is 1160. The lowest BCUT2D eigenvalue weighted by Crippen LogP contribution is -2.54. The average molecular weight is 505 g/mol. The van der Waals surface area contributed by atoms with Crippen LogP contribution in [0, 0.1) is 0 Å². The smallest absolute Gasteiger partial charge is 0.328 e. The molecule has 0 bridgehead atoms. The van der Waals surface area contributed by atoms with Crippen LogP contribution in [0.3, 0.4) is 0 Å². The number of carboxylic acids is 1. The molecule has 0 radical (unpaired) electrons. The van der Waals surface area contributed by atoms with Crippen molar-refractivity contribution in [2.75, 3.05) is 20.2 Å². The number of nitrogens with zero attached hydrogens (tertiary/aromatic N) is 1. The quantitative estimate of drug-likeness (QED) is 0.375. The molecule has 3 rings (SSSR count). The van der Waals surface area contributed by atoms with E-state index in [-0.39, 0.29) is 31.0 Å². The van der Waals surface area contributed by atoms with Crippen LogP contribution in [0.5, 0.6) is 5.75 Å². The molecule has 4 N–H and O–H groups in total. The zero-order valence-electron chi connectivity index (χ0n) is 19.1. The molecule has 35 heavy (non-hydrogen) atoms. The molecular formula is C23H28N4O7S. The van der Waals surface area contributed by atoms with Crippen LogP contribution in [0.25, 0.3) is 0 Å². The Morgan fingerprint density at radius 3 is 2.54 bits per heavy atom. The monoisotopic (exact) mass is 504 g/mol. The first kappa shape index (κ1) is 26.0. The second-order valence-electron chi connectivity index (χ2n) is 7.90. The molecule has 2 aromatic carbocycles. The van der Waals surface area contributed by atoms with E-state index in [1.807, 2.05) is 0 Å². The molecule has 3 amide bonds. The number of benzene rings is 2. The molecule has 0 spiro atoms. The number of aliphatic carboxylic acids is 1. The number of hydrogen-bond donors (Lipinski definition) is 4. The van der Waals surface area contributed by atoms with Crippen LogP contribution in [0.4, 0.5) is 4.79 Å². The number of sulfonamides is 1. The normalized spacial score (nSPS) is 16.8. The topological polar surface area (TPSA) is 154 Å². The second-order valence-corrected chi connectivity index (χ2v) is 9.79. The molecule has 1 saturated heterocycles. The van der Waals surface area contributed by atoms with E-state index in [0.717, 1.165) is 9.87 Å². The predicted octanol–water partition coefficient (Wildman–Crippen LogP) is 0.917. The number of carbonyl (C=O) groups is 3. The highest BCUT2D eigenvalue weighted by molar-refractivity contribution is 7.89. The van der Waals surface area contributed by atoms with Gasteiger partial charge >= 0.3 is 12.0 Å². The maximum atomic E-state index is 13.0. The molecule has 1 aliphatic rings. The third-order valence-electron chi connectivity index (χ3n) is 5.52. The molecule has 0 aliphatic carbocycles. The number of methoxy groups -OCH3 is 1. The van der Waals surface area contributed by atoms with Crippen molar-refractivity contribution in [1.82, 2.24) is 20.3 Å². The number of carbonyl (C=O) groups excluding carboxylic acids is 2. The minimum atomic E-state index is -3.92. The van der Waals surface area contributed by atoms with Crippen LogP contribution >= 0.6 is 0 Å². The highest BCUT2D eigenvalue weighted by Gasteiger charge is 2.40. The van der Waals surface area contributed by atoms with E-state index in [2.05, 4.69) is 16.0 Å². The highest BCUT2D eigenvalue weighted by atomic mass is 32.2. The summed E-state index contributed by atoms with van der Waals surface area (Å²) in [5.74, 6) is -1.46. The fourth-order valence-electron chi connectivity index (χ4n) is 3.71. The van der Waals surface area contributed by atoms with Gasteiger partial charge in [0.25, 0.3) is 0 Å². The first-order chi connectivity index (χ1) is 16.7. The summed E-state index contributed by atoms with van der Waals surface area (Å²) in [4.78, 5) is 36.7. The van der Waals surface area contributed by atoms with Crippen molar-refractivity contribution >= 4 is 27.9 Å². The second kappa shape index (κ2) is 11.7. The number of hydrogen-bond acceptors (Lipinski definition) is 6. The molecule has 1 heterocycles. The minimum Gasteiger partial charge on any atom is -0.497 e. The Morgan fingerprint density at radius 2 is 1.86 bits per heavy atom. The fourth-order valence-corrected chi connectivity index (χ4v) is 5.39. The maximum Gasteiger partial charge on any atom is 0.328 e. The highest BCUT2D eigenvalue weighted by Crippen LogP contribution is 2.26. The minimum absolute atomic E-state index is 0.0591. The maximum absolute atomic E-state index is 13.0. The van der Waals surface area contributed by atoms with E-state index in [1.165, 1.54) is 19.2 Å². The van der Waals surface area contributed by atoms with Gasteiger partial charge in [0.1, 0.15) is 17.8 Å². The fraction of sp³-hybridized carbons (Fsp3) is 0.348. The van der Waals surface area contributed by atoms with Gasteiger partial charge < -0.3 is 25.8 Å². The van der Waals surface area contributed by atoms with Crippen LogP contribution in [0.1, 0.15) is 18.4 Å². The first-order valence-corrected chi connectivity index (χ1v) is 12.4. The van der Waals surface area contributed by atoms with Crippen molar-refractivity contribution in [1.29, 1.82) is 0 Å². The Balaban J connectivity index is 1.56. The summed E-state index contributed by atoms with van der Waals surface area (Å²) in [6.45, 7) is -0.0529. The zero-order valence-corrected chi connectivity index (χ0v) is 20.0.